The second-order valence-corrected chi connectivity index (χ2v) is 2.36. The second kappa shape index (κ2) is 2.99. The summed E-state index contributed by atoms with van der Waals surface area (Å²) in [6, 6.07) is 0. The van der Waals surface area contributed by atoms with E-state index in [9.17, 15) is 0 Å². The fourth-order valence-corrected chi connectivity index (χ4v) is 1.17. The molecule has 2 N–H and O–H groups in total. The lowest BCUT2D eigenvalue weighted by atomic mass is 10.0. The van der Waals surface area contributed by atoms with Crippen LogP contribution in [0.15, 0.2) is 12.7 Å². The van der Waals surface area contributed by atoms with E-state index in [-0.39, 0.29) is 6.10 Å². The third-order valence-corrected chi connectivity index (χ3v) is 1.80. The molecule has 2 nitrogen and oxygen atoms in total. The summed E-state index contributed by atoms with van der Waals surface area (Å²) in [6.45, 7) is 5.23. The van der Waals surface area contributed by atoms with Crippen molar-refractivity contribution in [2.24, 2.45) is 11.7 Å². The van der Waals surface area contributed by atoms with Gasteiger partial charge in [-0.25, -0.2) is 0 Å². The molecule has 0 aliphatic carbocycles. The molecule has 1 aliphatic heterocycles. The van der Waals surface area contributed by atoms with Crippen LogP contribution >= 0.6 is 0 Å². The summed E-state index contributed by atoms with van der Waals surface area (Å²) >= 11 is 0. The Balaban J connectivity index is 2.41. The predicted octanol–water partition coefficient (Wildman–Crippen LogP) is 0.536. The number of nitrogens with two attached hydrogens (primary N) is 1. The Kier molecular flexibility index (Phi) is 2.25. The topological polar surface area (TPSA) is 35.2 Å². The van der Waals surface area contributed by atoms with Crippen molar-refractivity contribution < 1.29 is 4.74 Å². The summed E-state index contributed by atoms with van der Waals surface area (Å²) in [4.78, 5) is 0. The predicted molar refractivity (Wildman–Crippen MR) is 37.1 cm³/mol. The Hall–Kier alpha value is -0.340. The Bertz CT molecular complexity index is 103. The number of ether oxygens (including phenoxy) is 1. The summed E-state index contributed by atoms with van der Waals surface area (Å²) in [7, 11) is 0. The highest BCUT2D eigenvalue weighted by Crippen LogP contribution is 2.19. The molecule has 9 heavy (non-hydrogen) atoms. The average Bonchev–Trinajstić information content (AvgIpc) is 2.33. The van der Waals surface area contributed by atoms with Crippen molar-refractivity contribution in [3.05, 3.63) is 12.7 Å². The van der Waals surface area contributed by atoms with Crippen LogP contribution in [0.1, 0.15) is 6.42 Å². The molecule has 0 unspecified atom stereocenters. The van der Waals surface area contributed by atoms with Gasteiger partial charge in [-0.05, 0) is 13.0 Å². The summed E-state index contributed by atoms with van der Waals surface area (Å²) < 4.78 is 5.31. The van der Waals surface area contributed by atoms with Gasteiger partial charge < -0.3 is 10.5 Å². The molecule has 1 aliphatic rings. The average molecular weight is 127 g/mol. The zero-order valence-electron chi connectivity index (χ0n) is 5.55. The molecule has 1 fully saturated rings. The SMILES string of the molecule is C=C[C@@H]1OCC[C@H]1CN. The smallest absolute Gasteiger partial charge is 0.0794 e. The molecule has 0 aromatic rings. The van der Waals surface area contributed by atoms with Crippen LogP contribution in [0.2, 0.25) is 0 Å². The number of hydrogen-bond acceptors (Lipinski definition) is 2. The lowest BCUT2D eigenvalue weighted by Crippen LogP contribution is -2.21. The number of rotatable bonds is 2. The zero-order chi connectivity index (χ0) is 6.69. The van der Waals surface area contributed by atoms with E-state index >= 15 is 0 Å². The van der Waals surface area contributed by atoms with Gasteiger partial charge in [0, 0.05) is 12.5 Å². The summed E-state index contributed by atoms with van der Waals surface area (Å²) in [5.74, 6) is 0.516. The van der Waals surface area contributed by atoms with Crippen LogP contribution in [-0.4, -0.2) is 19.3 Å². The molecule has 1 heterocycles. The highest BCUT2D eigenvalue weighted by Gasteiger charge is 2.23. The Labute approximate surface area is 55.7 Å². The zero-order valence-corrected chi connectivity index (χ0v) is 5.55. The van der Waals surface area contributed by atoms with E-state index in [2.05, 4.69) is 6.58 Å². The van der Waals surface area contributed by atoms with E-state index in [1.165, 1.54) is 0 Å². The molecular weight excluding hydrogens is 114 g/mol. The van der Waals surface area contributed by atoms with Gasteiger partial charge in [0.25, 0.3) is 0 Å². The normalized spacial score (nSPS) is 34.8. The molecule has 0 aromatic heterocycles. The van der Waals surface area contributed by atoms with Crippen LogP contribution in [0.25, 0.3) is 0 Å². The van der Waals surface area contributed by atoms with E-state index in [0.29, 0.717) is 5.92 Å². The first kappa shape index (κ1) is 6.78. The summed E-state index contributed by atoms with van der Waals surface area (Å²) in [5.41, 5.74) is 5.47. The maximum absolute atomic E-state index is 5.47. The molecule has 0 amide bonds. The maximum atomic E-state index is 5.47. The molecule has 0 saturated carbocycles. The third-order valence-electron chi connectivity index (χ3n) is 1.80. The van der Waals surface area contributed by atoms with Crippen LogP contribution in [-0.2, 0) is 4.74 Å². The highest BCUT2D eigenvalue weighted by molar-refractivity contribution is 4.89. The molecule has 0 radical (unpaired) electrons. The van der Waals surface area contributed by atoms with Gasteiger partial charge in [-0.2, -0.15) is 0 Å². The van der Waals surface area contributed by atoms with Crippen molar-refractivity contribution in [3.63, 3.8) is 0 Å². The summed E-state index contributed by atoms with van der Waals surface area (Å²) in [5, 5.41) is 0. The minimum Gasteiger partial charge on any atom is -0.374 e. The van der Waals surface area contributed by atoms with Gasteiger partial charge in [0.1, 0.15) is 0 Å². The van der Waals surface area contributed by atoms with Crippen molar-refractivity contribution in [2.45, 2.75) is 12.5 Å². The van der Waals surface area contributed by atoms with Gasteiger partial charge in [0.05, 0.1) is 6.10 Å². The quantitative estimate of drug-likeness (QED) is 0.549. The molecule has 2 heteroatoms. The minimum atomic E-state index is 0.218. The van der Waals surface area contributed by atoms with Crippen LogP contribution in [0.3, 0.4) is 0 Å². The van der Waals surface area contributed by atoms with Crippen LogP contribution in [0.4, 0.5) is 0 Å². The molecule has 0 aromatic carbocycles. The molecule has 0 bridgehead atoms. The maximum Gasteiger partial charge on any atom is 0.0794 e. The first-order chi connectivity index (χ1) is 4.38. The van der Waals surface area contributed by atoms with Gasteiger partial charge in [-0.15, -0.1) is 6.58 Å². The summed E-state index contributed by atoms with van der Waals surface area (Å²) in [6.07, 6.45) is 3.15. The van der Waals surface area contributed by atoms with Crippen molar-refractivity contribution in [1.82, 2.24) is 0 Å². The third kappa shape index (κ3) is 1.32. The minimum absolute atomic E-state index is 0.218. The Morgan fingerprint density at radius 2 is 2.56 bits per heavy atom. The highest BCUT2D eigenvalue weighted by atomic mass is 16.5. The van der Waals surface area contributed by atoms with E-state index in [1.54, 1.807) is 0 Å². The van der Waals surface area contributed by atoms with Crippen molar-refractivity contribution in [3.8, 4) is 0 Å². The van der Waals surface area contributed by atoms with E-state index < -0.39 is 0 Å². The van der Waals surface area contributed by atoms with E-state index in [4.69, 9.17) is 10.5 Å². The van der Waals surface area contributed by atoms with Crippen molar-refractivity contribution >= 4 is 0 Å². The molecule has 2 atom stereocenters. The van der Waals surface area contributed by atoms with Gasteiger partial charge in [0.15, 0.2) is 0 Å². The van der Waals surface area contributed by atoms with Crippen molar-refractivity contribution in [2.75, 3.05) is 13.2 Å². The van der Waals surface area contributed by atoms with Crippen LogP contribution < -0.4 is 5.73 Å². The van der Waals surface area contributed by atoms with Crippen LogP contribution in [0.5, 0.6) is 0 Å². The molecule has 1 rings (SSSR count). The Morgan fingerprint density at radius 3 is 3.00 bits per heavy atom. The molecule has 52 valence electrons. The first-order valence-electron chi connectivity index (χ1n) is 3.32. The monoisotopic (exact) mass is 127 g/mol. The number of hydrogen-bond donors (Lipinski definition) is 1. The fraction of sp³-hybridized carbons (Fsp3) is 0.714. The molecule has 0 spiro atoms. The lowest BCUT2D eigenvalue weighted by molar-refractivity contribution is 0.129. The van der Waals surface area contributed by atoms with Gasteiger partial charge in [-0.1, -0.05) is 6.08 Å². The molecular formula is C7H13NO. The fourth-order valence-electron chi connectivity index (χ4n) is 1.17. The lowest BCUT2D eigenvalue weighted by Gasteiger charge is -2.10. The largest absolute Gasteiger partial charge is 0.374 e. The standard InChI is InChI=1S/C7H13NO/c1-2-7-6(5-8)3-4-9-7/h2,6-7H,1,3-5,8H2/t6-,7-/m0/s1. The van der Waals surface area contributed by atoms with Gasteiger partial charge in [-0.3, -0.25) is 0 Å². The molecule has 1 saturated heterocycles. The second-order valence-electron chi connectivity index (χ2n) is 2.36. The van der Waals surface area contributed by atoms with Crippen molar-refractivity contribution in [1.29, 1.82) is 0 Å². The van der Waals surface area contributed by atoms with Gasteiger partial charge in [0.2, 0.25) is 0 Å². The first-order valence-corrected chi connectivity index (χ1v) is 3.32. The Morgan fingerprint density at radius 1 is 1.78 bits per heavy atom. The van der Waals surface area contributed by atoms with E-state index in [1.807, 2.05) is 6.08 Å². The van der Waals surface area contributed by atoms with Crippen LogP contribution in [0, 0.1) is 5.92 Å². The van der Waals surface area contributed by atoms with Gasteiger partial charge >= 0.3 is 0 Å². The van der Waals surface area contributed by atoms with E-state index in [0.717, 1.165) is 19.6 Å².